The topological polar surface area (TPSA) is 0 Å². The van der Waals surface area contributed by atoms with Crippen LogP contribution in [0.3, 0.4) is 0 Å². The molecule has 17 heavy (non-hydrogen) atoms. The van der Waals surface area contributed by atoms with Crippen LogP contribution in [0, 0.1) is 0 Å². The molecule has 0 radical (unpaired) electrons. The van der Waals surface area contributed by atoms with Gasteiger partial charge in [-0.05, 0) is 36.0 Å². The molecule has 0 saturated carbocycles. The first-order chi connectivity index (χ1) is 8.40. The predicted molar refractivity (Wildman–Crippen MR) is 75.0 cm³/mol. The molecular formula is C17H18. The minimum Gasteiger partial charge on any atom is -0.103 e. The van der Waals surface area contributed by atoms with Crippen molar-refractivity contribution in [1.82, 2.24) is 0 Å². The molecule has 0 nitrogen and oxygen atoms in total. The van der Waals surface area contributed by atoms with E-state index >= 15 is 0 Å². The molecule has 0 heteroatoms. The summed E-state index contributed by atoms with van der Waals surface area (Å²) in [4.78, 5) is 0. The first kappa shape index (κ1) is 11.7. The van der Waals surface area contributed by atoms with Crippen molar-refractivity contribution in [3.8, 4) is 11.1 Å². The summed E-state index contributed by atoms with van der Waals surface area (Å²) in [7, 11) is 0. The molecule has 0 saturated heterocycles. The van der Waals surface area contributed by atoms with Crippen LogP contribution in [0.15, 0.2) is 67.3 Å². The molecule has 0 bridgehead atoms. The lowest BCUT2D eigenvalue weighted by Gasteiger charge is -2.05. The fourth-order valence-corrected chi connectivity index (χ4v) is 1.99. The van der Waals surface area contributed by atoms with Gasteiger partial charge in [-0.1, -0.05) is 60.7 Å². The third-order valence-electron chi connectivity index (χ3n) is 2.91. The highest BCUT2D eigenvalue weighted by Gasteiger charge is 1.98. The van der Waals surface area contributed by atoms with Crippen molar-refractivity contribution in [2.75, 3.05) is 0 Å². The van der Waals surface area contributed by atoms with Gasteiger partial charge in [-0.25, -0.2) is 0 Å². The number of aryl methyl sites for hydroxylation is 1. The fraction of sp³-hybridized carbons (Fsp3) is 0.176. The van der Waals surface area contributed by atoms with Crippen molar-refractivity contribution >= 4 is 0 Å². The summed E-state index contributed by atoms with van der Waals surface area (Å²) < 4.78 is 0. The summed E-state index contributed by atoms with van der Waals surface area (Å²) >= 11 is 0. The molecule has 0 aliphatic rings. The molecule has 0 heterocycles. The van der Waals surface area contributed by atoms with E-state index in [1.54, 1.807) is 0 Å². The lowest BCUT2D eigenvalue weighted by atomic mass is 10.0. The van der Waals surface area contributed by atoms with Gasteiger partial charge in [0.05, 0.1) is 0 Å². The highest BCUT2D eigenvalue weighted by molar-refractivity contribution is 5.63. The maximum absolute atomic E-state index is 3.76. The third kappa shape index (κ3) is 3.32. The summed E-state index contributed by atoms with van der Waals surface area (Å²) in [6, 6.07) is 19.3. The van der Waals surface area contributed by atoms with E-state index in [0.717, 1.165) is 12.8 Å². The summed E-state index contributed by atoms with van der Waals surface area (Å²) in [5, 5.41) is 0. The molecule has 0 unspecified atom stereocenters. The number of hydrogen-bond acceptors (Lipinski definition) is 0. The Morgan fingerprint density at radius 1 is 0.882 bits per heavy atom. The Morgan fingerprint density at radius 2 is 1.65 bits per heavy atom. The van der Waals surface area contributed by atoms with E-state index in [-0.39, 0.29) is 0 Å². The maximum atomic E-state index is 3.76. The second-order valence-corrected chi connectivity index (χ2v) is 4.25. The molecule has 0 atom stereocenters. The molecule has 0 aliphatic heterocycles. The number of rotatable bonds is 5. The summed E-state index contributed by atoms with van der Waals surface area (Å²) in [6.45, 7) is 3.76. The van der Waals surface area contributed by atoms with Gasteiger partial charge in [-0.3, -0.25) is 0 Å². The van der Waals surface area contributed by atoms with E-state index in [9.17, 15) is 0 Å². The number of benzene rings is 2. The molecule has 86 valence electrons. The van der Waals surface area contributed by atoms with Crippen molar-refractivity contribution in [2.45, 2.75) is 19.3 Å². The van der Waals surface area contributed by atoms with Crippen LogP contribution >= 0.6 is 0 Å². The Labute approximate surface area is 104 Å². The smallest absolute Gasteiger partial charge is 0.0181 e. The minimum atomic E-state index is 1.09. The van der Waals surface area contributed by atoms with E-state index in [1.165, 1.54) is 23.1 Å². The molecule has 0 spiro atoms. The third-order valence-corrected chi connectivity index (χ3v) is 2.91. The first-order valence-corrected chi connectivity index (χ1v) is 6.15. The normalized spacial score (nSPS) is 10.1. The maximum Gasteiger partial charge on any atom is -0.0181 e. The zero-order valence-corrected chi connectivity index (χ0v) is 10.1. The predicted octanol–water partition coefficient (Wildman–Crippen LogP) is 4.86. The van der Waals surface area contributed by atoms with E-state index in [4.69, 9.17) is 0 Å². The number of allylic oxidation sites excluding steroid dienone is 1. The van der Waals surface area contributed by atoms with E-state index in [2.05, 4.69) is 61.2 Å². The van der Waals surface area contributed by atoms with Crippen LogP contribution in [0.2, 0.25) is 0 Å². The Bertz CT molecular complexity index is 468. The lowest BCUT2D eigenvalue weighted by molar-refractivity contribution is 0.844. The fourth-order valence-electron chi connectivity index (χ4n) is 1.99. The molecule has 0 aromatic heterocycles. The summed E-state index contributed by atoms with van der Waals surface area (Å²) in [5.74, 6) is 0. The quantitative estimate of drug-likeness (QED) is 0.500. The van der Waals surface area contributed by atoms with Crippen molar-refractivity contribution in [1.29, 1.82) is 0 Å². The standard InChI is InChI=1S/C17H18/c1-2-3-5-9-15-10-8-13-17(14-15)16-11-6-4-7-12-16/h2,4,6-8,10-14H,1,3,5,9H2. The van der Waals surface area contributed by atoms with Gasteiger partial charge in [0.1, 0.15) is 0 Å². The van der Waals surface area contributed by atoms with Crippen LogP contribution in [0.4, 0.5) is 0 Å². The van der Waals surface area contributed by atoms with E-state index in [1.807, 2.05) is 6.08 Å². The van der Waals surface area contributed by atoms with Crippen molar-refractivity contribution in [3.63, 3.8) is 0 Å². The highest BCUT2D eigenvalue weighted by Crippen LogP contribution is 2.20. The zero-order chi connectivity index (χ0) is 11.9. The van der Waals surface area contributed by atoms with Crippen LogP contribution in [0.1, 0.15) is 18.4 Å². The minimum absolute atomic E-state index is 1.09. The second kappa shape index (κ2) is 6.05. The van der Waals surface area contributed by atoms with Gasteiger partial charge < -0.3 is 0 Å². The number of unbranched alkanes of at least 4 members (excludes halogenated alkanes) is 1. The largest absolute Gasteiger partial charge is 0.103 e. The highest BCUT2D eigenvalue weighted by atomic mass is 14.0. The van der Waals surface area contributed by atoms with Gasteiger partial charge in [0.15, 0.2) is 0 Å². The summed E-state index contributed by atoms with van der Waals surface area (Å²) in [5.41, 5.74) is 4.01. The first-order valence-electron chi connectivity index (χ1n) is 6.15. The van der Waals surface area contributed by atoms with Gasteiger partial charge in [0.25, 0.3) is 0 Å². The van der Waals surface area contributed by atoms with Crippen LogP contribution in [0.25, 0.3) is 11.1 Å². The summed E-state index contributed by atoms with van der Waals surface area (Å²) in [6.07, 6.45) is 5.39. The molecule has 0 aliphatic carbocycles. The molecule has 0 N–H and O–H groups in total. The van der Waals surface area contributed by atoms with Gasteiger partial charge in [-0.2, -0.15) is 0 Å². The Hall–Kier alpha value is -1.82. The van der Waals surface area contributed by atoms with Crippen molar-refractivity contribution < 1.29 is 0 Å². The molecule has 2 rings (SSSR count). The van der Waals surface area contributed by atoms with Crippen LogP contribution < -0.4 is 0 Å². The van der Waals surface area contributed by atoms with Gasteiger partial charge in [0.2, 0.25) is 0 Å². The van der Waals surface area contributed by atoms with Gasteiger partial charge >= 0.3 is 0 Å². The van der Waals surface area contributed by atoms with Gasteiger partial charge in [-0.15, -0.1) is 6.58 Å². The van der Waals surface area contributed by atoms with Crippen LogP contribution in [-0.2, 0) is 6.42 Å². The molecule has 2 aromatic carbocycles. The molecule has 0 fully saturated rings. The lowest BCUT2D eigenvalue weighted by Crippen LogP contribution is -1.86. The molecule has 2 aromatic rings. The van der Waals surface area contributed by atoms with E-state index in [0.29, 0.717) is 0 Å². The SMILES string of the molecule is C=CCCCc1cccc(-c2ccccc2)c1. The zero-order valence-electron chi connectivity index (χ0n) is 10.1. The monoisotopic (exact) mass is 222 g/mol. The second-order valence-electron chi connectivity index (χ2n) is 4.25. The molecular weight excluding hydrogens is 204 g/mol. The molecule has 0 amide bonds. The average molecular weight is 222 g/mol. The van der Waals surface area contributed by atoms with Crippen LogP contribution in [-0.4, -0.2) is 0 Å². The number of hydrogen-bond donors (Lipinski definition) is 0. The Balaban J connectivity index is 2.14. The average Bonchev–Trinajstić information content (AvgIpc) is 2.41. The van der Waals surface area contributed by atoms with E-state index < -0.39 is 0 Å². The Morgan fingerprint density at radius 3 is 2.41 bits per heavy atom. The van der Waals surface area contributed by atoms with Crippen molar-refractivity contribution in [2.24, 2.45) is 0 Å². The Kier molecular flexibility index (Phi) is 4.15. The van der Waals surface area contributed by atoms with Crippen molar-refractivity contribution in [3.05, 3.63) is 72.8 Å². The van der Waals surface area contributed by atoms with Crippen LogP contribution in [0.5, 0.6) is 0 Å². The van der Waals surface area contributed by atoms with Gasteiger partial charge in [0, 0.05) is 0 Å².